The van der Waals surface area contributed by atoms with Crippen molar-refractivity contribution in [2.45, 2.75) is 13.8 Å². The lowest BCUT2D eigenvalue weighted by Gasteiger charge is -2.00. The molecule has 2 nitrogen and oxygen atoms in total. The van der Waals surface area contributed by atoms with Crippen LogP contribution in [-0.2, 0) is 0 Å². The molecule has 2 heteroatoms. The van der Waals surface area contributed by atoms with Crippen LogP contribution in [0.4, 0.5) is 0 Å². The third kappa shape index (κ3) is 1.72. The molecule has 0 bridgehead atoms. The topological polar surface area (TPSA) is 17.3 Å². The number of aromatic nitrogens is 2. The number of benzene rings is 1. The first kappa shape index (κ1) is 10.1. The molecule has 0 saturated carbocycles. The van der Waals surface area contributed by atoms with Gasteiger partial charge in [-0.25, -0.2) is 4.98 Å². The second-order valence-electron chi connectivity index (χ2n) is 4.36. The van der Waals surface area contributed by atoms with Gasteiger partial charge in [-0.05, 0) is 31.5 Å². The Kier molecular flexibility index (Phi) is 2.22. The van der Waals surface area contributed by atoms with Crippen LogP contribution in [0.3, 0.4) is 0 Å². The van der Waals surface area contributed by atoms with E-state index in [1.807, 2.05) is 13.0 Å². The highest BCUT2D eigenvalue weighted by Gasteiger charge is 2.05. The summed E-state index contributed by atoms with van der Waals surface area (Å²) in [6.07, 6.45) is 2.15. The van der Waals surface area contributed by atoms with E-state index in [9.17, 15) is 0 Å². The quantitative estimate of drug-likeness (QED) is 0.614. The van der Waals surface area contributed by atoms with E-state index in [2.05, 4.69) is 58.9 Å². The summed E-state index contributed by atoms with van der Waals surface area (Å²) in [5.74, 6) is 0. The van der Waals surface area contributed by atoms with Crippen LogP contribution in [0.5, 0.6) is 0 Å². The normalized spacial score (nSPS) is 10.9. The molecule has 3 aromatic rings. The van der Waals surface area contributed by atoms with Crippen molar-refractivity contribution in [2.75, 3.05) is 0 Å². The van der Waals surface area contributed by atoms with Gasteiger partial charge < -0.3 is 4.40 Å². The van der Waals surface area contributed by atoms with E-state index in [0.29, 0.717) is 0 Å². The van der Waals surface area contributed by atoms with Crippen LogP contribution in [-0.4, -0.2) is 9.38 Å². The zero-order valence-corrected chi connectivity index (χ0v) is 10.0. The minimum Gasteiger partial charge on any atom is -0.305 e. The Bertz CT molecular complexity index is 666. The molecule has 0 radical (unpaired) electrons. The third-order valence-electron chi connectivity index (χ3n) is 3.00. The van der Waals surface area contributed by atoms with E-state index in [0.717, 1.165) is 11.3 Å². The highest BCUT2D eigenvalue weighted by Crippen LogP contribution is 2.22. The summed E-state index contributed by atoms with van der Waals surface area (Å²) in [6.45, 7) is 4.14. The number of nitrogens with zero attached hydrogens (tertiary/aromatic N) is 2. The van der Waals surface area contributed by atoms with Gasteiger partial charge in [0.05, 0.1) is 0 Å². The predicted octanol–water partition coefficient (Wildman–Crippen LogP) is 3.62. The van der Waals surface area contributed by atoms with Crippen molar-refractivity contribution in [3.8, 4) is 11.1 Å². The van der Waals surface area contributed by atoms with Crippen LogP contribution in [0.15, 0.2) is 48.7 Å². The molecule has 2 aromatic heterocycles. The monoisotopic (exact) mass is 222 g/mol. The second-order valence-corrected chi connectivity index (χ2v) is 4.36. The highest BCUT2D eigenvalue weighted by molar-refractivity contribution is 5.68. The molecular formula is C15H14N2. The number of hydrogen-bond acceptors (Lipinski definition) is 1. The van der Waals surface area contributed by atoms with Gasteiger partial charge in [0.15, 0.2) is 0 Å². The Morgan fingerprint density at radius 3 is 2.47 bits per heavy atom. The summed E-state index contributed by atoms with van der Waals surface area (Å²) >= 11 is 0. The molecule has 2 heterocycles. The molecule has 3 rings (SSSR count). The smallest absolute Gasteiger partial charge is 0.137 e. The fourth-order valence-electron chi connectivity index (χ4n) is 2.19. The standard InChI is InChI=1S/C15H14N2/c1-11-8-12(2)17-10-14(9-15(17)16-11)13-6-4-3-5-7-13/h3-10H,1-2H3. The minimum absolute atomic E-state index is 1.02. The number of rotatable bonds is 1. The summed E-state index contributed by atoms with van der Waals surface area (Å²) in [4.78, 5) is 4.55. The lowest BCUT2D eigenvalue weighted by Crippen LogP contribution is -1.93. The van der Waals surface area contributed by atoms with Gasteiger partial charge in [0.2, 0.25) is 0 Å². The summed E-state index contributed by atoms with van der Waals surface area (Å²) in [7, 11) is 0. The molecule has 0 amide bonds. The van der Waals surface area contributed by atoms with Crippen molar-refractivity contribution >= 4 is 5.65 Å². The number of aryl methyl sites for hydroxylation is 2. The molecule has 0 N–H and O–H groups in total. The number of fused-ring (bicyclic) bond motifs is 1. The van der Waals surface area contributed by atoms with E-state index >= 15 is 0 Å². The largest absolute Gasteiger partial charge is 0.305 e. The fourth-order valence-corrected chi connectivity index (χ4v) is 2.19. The van der Waals surface area contributed by atoms with Gasteiger partial charge in [-0.1, -0.05) is 30.3 Å². The van der Waals surface area contributed by atoms with Crippen molar-refractivity contribution in [3.05, 3.63) is 60.0 Å². The molecule has 0 saturated heterocycles. The maximum atomic E-state index is 4.55. The molecule has 1 aromatic carbocycles. The summed E-state index contributed by atoms with van der Waals surface area (Å²) in [5, 5.41) is 0. The molecule has 17 heavy (non-hydrogen) atoms. The first-order valence-corrected chi connectivity index (χ1v) is 5.76. The minimum atomic E-state index is 1.02. The third-order valence-corrected chi connectivity index (χ3v) is 3.00. The Hall–Kier alpha value is -2.09. The molecule has 0 aliphatic carbocycles. The van der Waals surface area contributed by atoms with Gasteiger partial charge in [-0.15, -0.1) is 0 Å². The number of hydrogen-bond donors (Lipinski definition) is 0. The predicted molar refractivity (Wildman–Crippen MR) is 70.1 cm³/mol. The van der Waals surface area contributed by atoms with Gasteiger partial charge >= 0.3 is 0 Å². The van der Waals surface area contributed by atoms with Crippen molar-refractivity contribution in [1.82, 2.24) is 9.38 Å². The second kappa shape index (κ2) is 3.74. The molecule has 0 atom stereocenters. The van der Waals surface area contributed by atoms with Crippen LogP contribution >= 0.6 is 0 Å². The Morgan fingerprint density at radius 2 is 1.71 bits per heavy atom. The van der Waals surface area contributed by atoms with E-state index in [-0.39, 0.29) is 0 Å². The zero-order valence-electron chi connectivity index (χ0n) is 10.0. The molecule has 0 unspecified atom stereocenters. The van der Waals surface area contributed by atoms with Crippen molar-refractivity contribution in [3.63, 3.8) is 0 Å². The van der Waals surface area contributed by atoms with Gasteiger partial charge in [-0.3, -0.25) is 0 Å². The van der Waals surface area contributed by atoms with E-state index in [4.69, 9.17) is 0 Å². The Morgan fingerprint density at radius 1 is 0.941 bits per heavy atom. The van der Waals surface area contributed by atoms with Crippen LogP contribution < -0.4 is 0 Å². The van der Waals surface area contributed by atoms with Gasteiger partial charge in [0, 0.05) is 23.1 Å². The van der Waals surface area contributed by atoms with Crippen molar-refractivity contribution < 1.29 is 0 Å². The molecular weight excluding hydrogens is 208 g/mol. The SMILES string of the molecule is Cc1cc(C)n2cc(-c3ccccc3)cc2n1. The first-order valence-electron chi connectivity index (χ1n) is 5.76. The maximum Gasteiger partial charge on any atom is 0.137 e. The highest BCUT2D eigenvalue weighted by atomic mass is 15.0. The lowest BCUT2D eigenvalue weighted by molar-refractivity contribution is 1.03. The van der Waals surface area contributed by atoms with Crippen LogP contribution in [0, 0.1) is 13.8 Å². The molecule has 0 aliphatic heterocycles. The first-order chi connectivity index (χ1) is 8.24. The fraction of sp³-hybridized carbons (Fsp3) is 0.133. The Labute approximate surface area is 101 Å². The van der Waals surface area contributed by atoms with Crippen LogP contribution in [0.2, 0.25) is 0 Å². The summed E-state index contributed by atoms with van der Waals surface area (Å²) in [6, 6.07) is 14.6. The van der Waals surface area contributed by atoms with Crippen LogP contribution in [0.1, 0.15) is 11.4 Å². The van der Waals surface area contributed by atoms with E-state index in [1.165, 1.54) is 16.8 Å². The van der Waals surface area contributed by atoms with Crippen LogP contribution in [0.25, 0.3) is 16.8 Å². The van der Waals surface area contributed by atoms with Crippen molar-refractivity contribution in [2.24, 2.45) is 0 Å². The zero-order chi connectivity index (χ0) is 11.8. The molecule has 0 aliphatic rings. The van der Waals surface area contributed by atoms with Crippen molar-refractivity contribution in [1.29, 1.82) is 0 Å². The Balaban J connectivity index is 2.24. The lowest BCUT2D eigenvalue weighted by atomic mass is 10.1. The summed E-state index contributed by atoms with van der Waals surface area (Å²) in [5.41, 5.74) is 5.74. The average molecular weight is 222 g/mol. The molecule has 84 valence electrons. The average Bonchev–Trinajstić information content (AvgIpc) is 2.74. The van der Waals surface area contributed by atoms with E-state index < -0.39 is 0 Å². The van der Waals surface area contributed by atoms with E-state index in [1.54, 1.807) is 0 Å². The molecule has 0 spiro atoms. The summed E-state index contributed by atoms with van der Waals surface area (Å²) < 4.78 is 2.13. The van der Waals surface area contributed by atoms with Gasteiger partial charge in [0.25, 0.3) is 0 Å². The molecule has 0 fully saturated rings. The van der Waals surface area contributed by atoms with Gasteiger partial charge in [-0.2, -0.15) is 0 Å². The maximum absolute atomic E-state index is 4.55. The van der Waals surface area contributed by atoms with Gasteiger partial charge in [0.1, 0.15) is 5.65 Å².